The largest absolute Gasteiger partial charge is 0.387 e. The Balaban J connectivity index is 4.09. The standard InChI is InChI=1S/C43H81NO6S/c1-3-5-7-9-11-13-15-17-19-21-23-25-27-29-31-33-35-37-41(45)40(39-51(48,49)50)44-43(47)42(46)38-36-34-32-30-28-26-24-22-20-18-16-14-12-10-8-6-4-2/h24,26-27,29,35,37,40-42,45-46H,3-23,25,28,30-34,36,38-39H2,1-2H3,(H,44,47)(H,48,49,50)/b26-24-,29-27+,37-35+. The second-order valence-corrected chi connectivity index (χ2v) is 16.2. The van der Waals surface area contributed by atoms with Gasteiger partial charge in [0.2, 0.25) is 5.91 Å². The molecule has 300 valence electrons. The molecule has 1 amide bonds. The van der Waals surface area contributed by atoms with Crippen molar-refractivity contribution in [3.8, 4) is 0 Å². The molecular weight excluding hydrogens is 659 g/mol. The molecule has 8 heteroatoms. The summed E-state index contributed by atoms with van der Waals surface area (Å²) in [6.07, 6.45) is 44.9. The lowest BCUT2D eigenvalue weighted by Crippen LogP contribution is -2.50. The molecule has 0 saturated heterocycles. The van der Waals surface area contributed by atoms with Crippen molar-refractivity contribution in [1.82, 2.24) is 5.32 Å². The Hall–Kier alpha value is -1.48. The zero-order valence-corrected chi connectivity index (χ0v) is 33.9. The fourth-order valence-corrected chi connectivity index (χ4v) is 7.08. The maximum Gasteiger partial charge on any atom is 0.267 e. The fraction of sp³-hybridized carbons (Fsp3) is 0.837. The van der Waals surface area contributed by atoms with E-state index in [1.165, 1.54) is 134 Å². The first-order chi connectivity index (χ1) is 24.7. The summed E-state index contributed by atoms with van der Waals surface area (Å²) in [5.41, 5.74) is 0. The summed E-state index contributed by atoms with van der Waals surface area (Å²) in [5, 5.41) is 23.4. The van der Waals surface area contributed by atoms with E-state index in [1.807, 2.05) is 0 Å². The zero-order chi connectivity index (χ0) is 37.7. The molecule has 0 aliphatic heterocycles. The summed E-state index contributed by atoms with van der Waals surface area (Å²) in [4.78, 5) is 12.6. The third-order valence-corrected chi connectivity index (χ3v) is 10.4. The summed E-state index contributed by atoms with van der Waals surface area (Å²) in [6.45, 7) is 4.51. The lowest BCUT2D eigenvalue weighted by atomic mass is 10.1. The van der Waals surface area contributed by atoms with Crippen molar-refractivity contribution < 1.29 is 28.0 Å². The van der Waals surface area contributed by atoms with Crippen LogP contribution in [0.5, 0.6) is 0 Å². The predicted octanol–water partition coefficient (Wildman–Crippen LogP) is 11.5. The Morgan fingerprint density at radius 2 is 0.882 bits per heavy atom. The van der Waals surface area contributed by atoms with Crippen LogP contribution in [0.15, 0.2) is 36.5 Å². The monoisotopic (exact) mass is 740 g/mol. The molecular formula is C43H81NO6S. The first kappa shape index (κ1) is 49.5. The number of aliphatic hydroxyl groups is 2. The first-order valence-electron chi connectivity index (χ1n) is 21.3. The number of amides is 1. The maximum absolute atomic E-state index is 12.6. The highest BCUT2D eigenvalue weighted by molar-refractivity contribution is 7.85. The number of hydrogen-bond acceptors (Lipinski definition) is 5. The summed E-state index contributed by atoms with van der Waals surface area (Å²) < 4.78 is 32.5. The van der Waals surface area contributed by atoms with Crippen LogP contribution < -0.4 is 5.32 Å². The van der Waals surface area contributed by atoms with Gasteiger partial charge in [0.25, 0.3) is 10.1 Å². The fourth-order valence-electron chi connectivity index (χ4n) is 6.35. The van der Waals surface area contributed by atoms with Crippen molar-refractivity contribution in [2.45, 2.75) is 225 Å². The van der Waals surface area contributed by atoms with Crippen LogP contribution in [-0.2, 0) is 14.9 Å². The molecule has 0 rings (SSSR count). The van der Waals surface area contributed by atoms with Crippen LogP contribution in [0.3, 0.4) is 0 Å². The number of unbranched alkanes of at least 4 members (excludes halogenated alkanes) is 25. The Morgan fingerprint density at radius 3 is 1.29 bits per heavy atom. The third-order valence-electron chi connectivity index (χ3n) is 9.65. The third kappa shape index (κ3) is 36.7. The van der Waals surface area contributed by atoms with Crippen LogP contribution in [-0.4, -0.2) is 53.1 Å². The van der Waals surface area contributed by atoms with E-state index in [1.54, 1.807) is 6.08 Å². The SMILES string of the molecule is CCCCCCCCCCC/C=C\CCCCCCC(O)C(=O)NC(CS(=O)(=O)O)C(O)/C=C/CC/C=C/CCCCCCCCCCCCC. The maximum atomic E-state index is 12.6. The van der Waals surface area contributed by atoms with Crippen LogP contribution in [0.1, 0.15) is 206 Å². The molecule has 0 aromatic carbocycles. The van der Waals surface area contributed by atoms with E-state index in [0.717, 1.165) is 44.9 Å². The number of carbonyl (C=O) groups is 1. The number of rotatable bonds is 38. The van der Waals surface area contributed by atoms with Gasteiger partial charge in [-0.2, -0.15) is 8.42 Å². The van der Waals surface area contributed by atoms with E-state index in [0.29, 0.717) is 12.8 Å². The van der Waals surface area contributed by atoms with Crippen molar-refractivity contribution in [2.24, 2.45) is 0 Å². The van der Waals surface area contributed by atoms with E-state index >= 15 is 0 Å². The highest BCUT2D eigenvalue weighted by Crippen LogP contribution is 2.14. The summed E-state index contributed by atoms with van der Waals surface area (Å²) in [7, 11) is -4.45. The molecule has 0 bridgehead atoms. The molecule has 51 heavy (non-hydrogen) atoms. The van der Waals surface area contributed by atoms with Crippen LogP contribution in [0, 0.1) is 0 Å². The van der Waals surface area contributed by atoms with Crippen molar-refractivity contribution >= 4 is 16.0 Å². The van der Waals surface area contributed by atoms with Gasteiger partial charge in [-0.1, -0.05) is 185 Å². The lowest BCUT2D eigenvalue weighted by molar-refractivity contribution is -0.130. The number of carbonyl (C=O) groups excluding carboxylic acids is 1. The average Bonchev–Trinajstić information content (AvgIpc) is 3.09. The second-order valence-electron chi connectivity index (χ2n) is 14.8. The van der Waals surface area contributed by atoms with Crippen molar-refractivity contribution in [3.63, 3.8) is 0 Å². The average molecular weight is 740 g/mol. The van der Waals surface area contributed by atoms with E-state index in [2.05, 4.69) is 43.5 Å². The minimum Gasteiger partial charge on any atom is -0.387 e. The number of allylic oxidation sites excluding steroid dienone is 5. The molecule has 3 unspecified atom stereocenters. The van der Waals surface area contributed by atoms with E-state index in [9.17, 15) is 28.0 Å². The molecule has 0 heterocycles. The topological polar surface area (TPSA) is 124 Å². The normalized spacial score (nSPS) is 14.2. The van der Waals surface area contributed by atoms with Gasteiger partial charge >= 0.3 is 0 Å². The van der Waals surface area contributed by atoms with Gasteiger partial charge in [-0.05, 0) is 57.8 Å². The molecule has 0 aromatic rings. The molecule has 7 nitrogen and oxygen atoms in total. The highest BCUT2D eigenvalue weighted by atomic mass is 32.2. The van der Waals surface area contributed by atoms with Gasteiger partial charge < -0.3 is 15.5 Å². The van der Waals surface area contributed by atoms with Gasteiger partial charge in [0.05, 0.1) is 17.9 Å². The first-order valence-corrected chi connectivity index (χ1v) is 22.9. The van der Waals surface area contributed by atoms with Crippen LogP contribution in [0.2, 0.25) is 0 Å². The van der Waals surface area contributed by atoms with Gasteiger partial charge in [-0.3, -0.25) is 9.35 Å². The Morgan fingerprint density at radius 1 is 0.529 bits per heavy atom. The molecule has 0 spiro atoms. The molecule has 3 atom stereocenters. The quantitative estimate of drug-likeness (QED) is 0.0284. The Bertz CT molecular complexity index is 964. The Labute approximate surface area is 315 Å². The van der Waals surface area contributed by atoms with Crippen LogP contribution in [0.4, 0.5) is 0 Å². The van der Waals surface area contributed by atoms with E-state index in [4.69, 9.17) is 0 Å². The number of aliphatic hydroxyl groups excluding tert-OH is 2. The number of nitrogens with one attached hydrogen (secondary N) is 1. The molecule has 0 saturated carbocycles. The minimum absolute atomic E-state index is 0.260. The molecule has 0 fully saturated rings. The van der Waals surface area contributed by atoms with Crippen LogP contribution >= 0.6 is 0 Å². The van der Waals surface area contributed by atoms with Gasteiger partial charge in [0.15, 0.2) is 0 Å². The lowest BCUT2D eigenvalue weighted by Gasteiger charge is -2.22. The number of hydrogen-bond donors (Lipinski definition) is 4. The van der Waals surface area contributed by atoms with E-state index < -0.39 is 40.0 Å². The van der Waals surface area contributed by atoms with Crippen molar-refractivity contribution in [1.29, 1.82) is 0 Å². The molecule has 4 N–H and O–H groups in total. The molecule has 0 aromatic heterocycles. The molecule has 0 radical (unpaired) electrons. The minimum atomic E-state index is -4.45. The molecule has 0 aliphatic rings. The van der Waals surface area contributed by atoms with Crippen molar-refractivity contribution in [3.05, 3.63) is 36.5 Å². The highest BCUT2D eigenvalue weighted by Gasteiger charge is 2.27. The molecule has 0 aliphatic carbocycles. The summed E-state index contributed by atoms with van der Waals surface area (Å²) in [5.74, 6) is -1.57. The van der Waals surface area contributed by atoms with Crippen LogP contribution in [0.25, 0.3) is 0 Å². The second kappa shape index (κ2) is 36.9. The zero-order valence-electron chi connectivity index (χ0n) is 33.1. The Kier molecular flexibility index (Phi) is 35.8. The van der Waals surface area contributed by atoms with E-state index in [-0.39, 0.29) is 6.42 Å². The predicted molar refractivity (Wildman–Crippen MR) is 218 cm³/mol. The van der Waals surface area contributed by atoms with Crippen molar-refractivity contribution in [2.75, 3.05) is 5.75 Å². The summed E-state index contributed by atoms with van der Waals surface area (Å²) in [6, 6.07) is -1.25. The van der Waals surface area contributed by atoms with Gasteiger partial charge in [-0.15, -0.1) is 0 Å². The van der Waals surface area contributed by atoms with Gasteiger partial charge in [0.1, 0.15) is 6.10 Å². The van der Waals surface area contributed by atoms with Gasteiger partial charge in [0, 0.05) is 0 Å². The smallest absolute Gasteiger partial charge is 0.267 e. The summed E-state index contributed by atoms with van der Waals surface area (Å²) >= 11 is 0. The van der Waals surface area contributed by atoms with Gasteiger partial charge in [-0.25, -0.2) is 0 Å².